The van der Waals surface area contributed by atoms with Gasteiger partial charge in [-0.3, -0.25) is 0 Å². The molecule has 0 saturated carbocycles. The van der Waals surface area contributed by atoms with Gasteiger partial charge in [-0.1, -0.05) is 12.2 Å². The Hall–Kier alpha value is -0.760. The van der Waals surface area contributed by atoms with E-state index in [2.05, 4.69) is 11.4 Å². The van der Waals surface area contributed by atoms with Gasteiger partial charge in [-0.15, -0.1) is 0 Å². The highest BCUT2D eigenvalue weighted by atomic mass is 16.5. The minimum atomic E-state index is 0.374. The maximum absolute atomic E-state index is 5.34. The van der Waals surface area contributed by atoms with Crippen molar-refractivity contribution in [1.29, 1.82) is 0 Å². The van der Waals surface area contributed by atoms with Gasteiger partial charge in [-0.2, -0.15) is 0 Å². The van der Waals surface area contributed by atoms with E-state index in [1.54, 1.807) is 0 Å². The minimum Gasteiger partial charge on any atom is -0.495 e. The highest BCUT2D eigenvalue weighted by Crippen LogP contribution is 2.15. The van der Waals surface area contributed by atoms with Gasteiger partial charge < -0.3 is 10.1 Å². The van der Waals surface area contributed by atoms with Gasteiger partial charge >= 0.3 is 0 Å². The minimum absolute atomic E-state index is 0.374. The van der Waals surface area contributed by atoms with Crippen LogP contribution in [0.4, 0.5) is 0 Å². The normalized spacial score (nSPS) is 31.1. The predicted octanol–water partition coefficient (Wildman–Crippen LogP) is 0.428. The average Bonchev–Trinajstić information content (AvgIpc) is 2.33. The first-order chi connectivity index (χ1) is 4.47. The fourth-order valence-electron chi connectivity index (χ4n) is 1.15. The standard InChI is InChI=1S/C7H9NO/c1-2-6-7(3-1)9-5-4-8-6/h1-3,6,8H,4-5H2. The number of ether oxygens (including phenoxy) is 1. The van der Waals surface area contributed by atoms with Gasteiger partial charge in [-0.05, 0) is 6.08 Å². The van der Waals surface area contributed by atoms with Crippen LogP contribution in [0.2, 0.25) is 0 Å². The largest absolute Gasteiger partial charge is 0.495 e. The molecule has 0 aromatic rings. The third-order valence-electron chi connectivity index (χ3n) is 1.61. The molecule has 1 saturated heterocycles. The molecule has 1 aliphatic heterocycles. The number of nitrogens with one attached hydrogen (secondary N) is 1. The van der Waals surface area contributed by atoms with Gasteiger partial charge in [0.2, 0.25) is 0 Å². The number of hydrogen-bond donors (Lipinski definition) is 1. The summed E-state index contributed by atoms with van der Waals surface area (Å²) < 4.78 is 5.34. The second kappa shape index (κ2) is 1.88. The lowest BCUT2D eigenvalue weighted by atomic mass is 10.2. The quantitative estimate of drug-likeness (QED) is 0.504. The Balaban J connectivity index is 2.16. The summed E-state index contributed by atoms with van der Waals surface area (Å²) in [6, 6.07) is 0.374. The Morgan fingerprint density at radius 3 is 3.56 bits per heavy atom. The van der Waals surface area contributed by atoms with Crippen LogP contribution in [0.25, 0.3) is 0 Å². The molecule has 1 N–H and O–H groups in total. The lowest BCUT2D eigenvalue weighted by Gasteiger charge is -2.22. The third kappa shape index (κ3) is 0.754. The van der Waals surface area contributed by atoms with E-state index >= 15 is 0 Å². The number of morpholine rings is 1. The van der Waals surface area contributed by atoms with Crippen molar-refractivity contribution in [2.45, 2.75) is 6.04 Å². The van der Waals surface area contributed by atoms with Gasteiger partial charge in [0.1, 0.15) is 12.4 Å². The SMILES string of the molecule is C1=CC2NCCOC2=C1. The van der Waals surface area contributed by atoms with E-state index in [0.717, 1.165) is 18.9 Å². The molecular formula is C7H9NO. The van der Waals surface area contributed by atoms with E-state index in [-0.39, 0.29) is 0 Å². The first-order valence-electron chi connectivity index (χ1n) is 3.21. The van der Waals surface area contributed by atoms with Crippen molar-refractivity contribution in [2.75, 3.05) is 13.2 Å². The maximum Gasteiger partial charge on any atom is 0.117 e. The highest BCUT2D eigenvalue weighted by Gasteiger charge is 2.18. The summed E-state index contributed by atoms with van der Waals surface area (Å²) in [6.07, 6.45) is 6.14. The smallest absolute Gasteiger partial charge is 0.117 e. The van der Waals surface area contributed by atoms with Crippen molar-refractivity contribution in [2.24, 2.45) is 0 Å². The van der Waals surface area contributed by atoms with Crippen molar-refractivity contribution in [3.05, 3.63) is 24.0 Å². The summed E-state index contributed by atoms with van der Waals surface area (Å²) >= 11 is 0. The number of allylic oxidation sites excluding steroid dienone is 2. The summed E-state index contributed by atoms with van der Waals surface area (Å²) in [4.78, 5) is 0. The molecule has 0 spiro atoms. The van der Waals surface area contributed by atoms with Crippen LogP contribution < -0.4 is 5.32 Å². The fraction of sp³-hybridized carbons (Fsp3) is 0.429. The molecule has 9 heavy (non-hydrogen) atoms. The van der Waals surface area contributed by atoms with E-state index < -0.39 is 0 Å². The number of hydrogen-bond acceptors (Lipinski definition) is 2. The Morgan fingerprint density at radius 2 is 2.67 bits per heavy atom. The van der Waals surface area contributed by atoms with Crippen molar-refractivity contribution < 1.29 is 4.74 Å². The molecule has 2 rings (SSSR count). The van der Waals surface area contributed by atoms with E-state index in [0.29, 0.717) is 6.04 Å². The molecule has 1 fully saturated rings. The zero-order valence-electron chi connectivity index (χ0n) is 5.13. The number of fused-ring (bicyclic) bond motifs is 1. The van der Waals surface area contributed by atoms with E-state index in [1.807, 2.05) is 12.2 Å². The first kappa shape index (κ1) is 5.06. The third-order valence-corrected chi connectivity index (χ3v) is 1.61. The molecule has 1 aliphatic carbocycles. The van der Waals surface area contributed by atoms with Crippen molar-refractivity contribution in [3.63, 3.8) is 0 Å². The van der Waals surface area contributed by atoms with Gasteiger partial charge in [-0.25, -0.2) is 0 Å². The molecule has 0 aromatic carbocycles. The van der Waals surface area contributed by atoms with E-state index in [1.165, 1.54) is 0 Å². The summed E-state index contributed by atoms with van der Waals surface area (Å²) in [5.41, 5.74) is 0. The molecule has 2 nitrogen and oxygen atoms in total. The van der Waals surface area contributed by atoms with Gasteiger partial charge in [0.15, 0.2) is 0 Å². The Morgan fingerprint density at radius 1 is 1.67 bits per heavy atom. The Kier molecular flexibility index (Phi) is 1.06. The van der Waals surface area contributed by atoms with Crippen LogP contribution in [0.15, 0.2) is 24.0 Å². The Labute approximate surface area is 54.2 Å². The van der Waals surface area contributed by atoms with Crippen LogP contribution in [0.3, 0.4) is 0 Å². The first-order valence-corrected chi connectivity index (χ1v) is 3.21. The number of rotatable bonds is 0. The van der Waals surface area contributed by atoms with E-state index in [9.17, 15) is 0 Å². The average molecular weight is 123 g/mol. The van der Waals surface area contributed by atoms with Crippen LogP contribution in [-0.4, -0.2) is 19.2 Å². The second-order valence-electron chi connectivity index (χ2n) is 2.23. The van der Waals surface area contributed by atoms with Gasteiger partial charge in [0.05, 0.1) is 6.04 Å². The predicted molar refractivity (Wildman–Crippen MR) is 35.0 cm³/mol. The molecule has 0 aromatic heterocycles. The summed E-state index contributed by atoms with van der Waals surface area (Å²) in [5.74, 6) is 1.07. The van der Waals surface area contributed by atoms with Crippen LogP contribution >= 0.6 is 0 Å². The fourth-order valence-corrected chi connectivity index (χ4v) is 1.15. The molecule has 48 valence electrons. The molecule has 1 atom stereocenters. The summed E-state index contributed by atoms with van der Waals surface area (Å²) in [5, 5.41) is 3.30. The zero-order valence-corrected chi connectivity index (χ0v) is 5.13. The van der Waals surface area contributed by atoms with Gasteiger partial charge in [0.25, 0.3) is 0 Å². The van der Waals surface area contributed by atoms with Crippen LogP contribution in [0.1, 0.15) is 0 Å². The van der Waals surface area contributed by atoms with Crippen molar-refractivity contribution in [3.8, 4) is 0 Å². The van der Waals surface area contributed by atoms with Crippen LogP contribution in [0, 0.1) is 0 Å². The van der Waals surface area contributed by atoms with Crippen LogP contribution in [0.5, 0.6) is 0 Å². The zero-order chi connectivity index (χ0) is 6.10. The molecule has 1 heterocycles. The molecule has 2 aliphatic rings. The summed E-state index contributed by atoms with van der Waals surface area (Å²) in [7, 11) is 0. The monoisotopic (exact) mass is 123 g/mol. The molecule has 0 amide bonds. The highest BCUT2D eigenvalue weighted by molar-refractivity contribution is 5.27. The van der Waals surface area contributed by atoms with Crippen molar-refractivity contribution >= 4 is 0 Å². The van der Waals surface area contributed by atoms with Crippen molar-refractivity contribution in [1.82, 2.24) is 5.32 Å². The van der Waals surface area contributed by atoms with Crippen LogP contribution in [-0.2, 0) is 4.74 Å². The molecule has 0 bridgehead atoms. The molecular weight excluding hydrogens is 114 g/mol. The Bertz CT molecular complexity index is 172. The molecule has 1 unspecified atom stereocenters. The topological polar surface area (TPSA) is 21.3 Å². The van der Waals surface area contributed by atoms with Gasteiger partial charge in [0, 0.05) is 6.54 Å². The van der Waals surface area contributed by atoms with E-state index in [4.69, 9.17) is 4.74 Å². The lowest BCUT2D eigenvalue weighted by Crippen LogP contribution is -2.36. The molecule has 0 radical (unpaired) electrons. The lowest BCUT2D eigenvalue weighted by molar-refractivity contribution is 0.163. The molecule has 2 heteroatoms. The summed E-state index contributed by atoms with van der Waals surface area (Å²) in [6.45, 7) is 1.77. The second-order valence-corrected chi connectivity index (χ2v) is 2.23. The maximum atomic E-state index is 5.34.